The van der Waals surface area contributed by atoms with E-state index in [2.05, 4.69) is 15.6 Å². The summed E-state index contributed by atoms with van der Waals surface area (Å²) in [6.07, 6.45) is -0.478. The Morgan fingerprint density at radius 3 is 2.88 bits per heavy atom. The fourth-order valence-corrected chi connectivity index (χ4v) is 3.69. The van der Waals surface area contributed by atoms with Gasteiger partial charge in [0.1, 0.15) is 5.76 Å². The first-order chi connectivity index (χ1) is 12.0. The molecule has 1 atom stereocenters. The van der Waals surface area contributed by atoms with Crippen molar-refractivity contribution in [1.29, 1.82) is 0 Å². The van der Waals surface area contributed by atoms with Crippen LogP contribution in [-0.2, 0) is 11.3 Å². The lowest BCUT2D eigenvalue weighted by Gasteiger charge is -2.10. The van der Waals surface area contributed by atoms with Crippen LogP contribution in [0.4, 0.5) is 8.78 Å². The van der Waals surface area contributed by atoms with E-state index in [1.807, 2.05) is 24.3 Å². The Balaban J connectivity index is 0.00000196. The van der Waals surface area contributed by atoms with Crippen molar-refractivity contribution in [2.75, 3.05) is 6.54 Å². The van der Waals surface area contributed by atoms with E-state index >= 15 is 0 Å². The highest BCUT2D eigenvalue weighted by atomic mass is 35.5. The van der Waals surface area contributed by atoms with Gasteiger partial charge in [0.2, 0.25) is 5.91 Å². The number of nitrogens with one attached hydrogen (secondary N) is 2. The minimum atomic E-state index is -2.83. The molecule has 9 heteroatoms. The molecule has 1 fully saturated rings. The molecule has 0 bridgehead atoms. The molecule has 1 aromatic carbocycles. The number of halogens is 3. The molecule has 0 saturated carbocycles. The molecule has 26 heavy (non-hydrogen) atoms. The van der Waals surface area contributed by atoms with E-state index in [0.717, 1.165) is 15.2 Å². The first-order valence-electron chi connectivity index (χ1n) is 7.84. The predicted octanol–water partition coefficient (Wildman–Crippen LogP) is 3.59. The second-order valence-electron chi connectivity index (χ2n) is 5.96. The number of nitrogens with zero attached hydrogens (tertiary/aromatic N) is 1. The highest BCUT2D eigenvalue weighted by Crippen LogP contribution is 2.31. The SMILES string of the molecule is Cl.O=C(NCc1ccc(-c2nc3ccccc3s2)o1)C1CC(F)(F)CN1. The molecule has 0 aliphatic carbocycles. The van der Waals surface area contributed by atoms with Crippen LogP contribution in [0.5, 0.6) is 0 Å². The number of furan rings is 1. The second-order valence-corrected chi connectivity index (χ2v) is 6.99. The number of aromatic nitrogens is 1. The molecule has 5 nitrogen and oxygen atoms in total. The molecule has 4 rings (SSSR count). The summed E-state index contributed by atoms with van der Waals surface area (Å²) in [6, 6.07) is 10.5. The van der Waals surface area contributed by atoms with Gasteiger partial charge in [0.25, 0.3) is 5.92 Å². The molecule has 1 aliphatic rings. The van der Waals surface area contributed by atoms with Crippen LogP contribution in [-0.4, -0.2) is 29.4 Å². The minimum Gasteiger partial charge on any atom is -0.457 e. The van der Waals surface area contributed by atoms with E-state index in [9.17, 15) is 13.6 Å². The number of alkyl halides is 2. The number of thiazole rings is 1. The van der Waals surface area contributed by atoms with Crippen LogP contribution in [0.2, 0.25) is 0 Å². The van der Waals surface area contributed by atoms with Gasteiger partial charge in [-0.05, 0) is 24.3 Å². The maximum Gasteiger partial charge on any atom is 0.262 e. The number of hydrogen-bond donors (Lipinski definition) is 2. The summed E-state index contributed by atoms with van der Waals surface area (Å²) >= 11 is 1.52. The Labute approximate surface area is 158 Å². The van der Waals surface area contributed by atoms with Crippen molar-refractivity contribution >= 4 is 39.9 Å². The molecule has 2 aromatic heterocycles. The quantitative estimate of drug-likeness (QED) is 0.703. The monoisotopic (exact) mass is 399 g/mol. The van der Waals surface area contributed by atoms with E-state index in [1.54, 1.807) is 12.1 Å². The van der Waals surface area contributed by atoms with E-state index < -0.39 is 30.8 Å². The van der Waals surface area contributed by atoms with Crippen molar-refractivity contribution in [2.24, 2.45) is 0 Å². The number of benzene rings is 1. The van der Waals surface area contributed by atoms with Crippen LogP contribution in [0.15, 0.2) is 40.8 Å². The van der Waals surface area contributed by atoms with Crippen molar-refractivity contribution in [2.45, 2.75) is 24.9 Å². The van der Waals surface area contributed by atoms with Crippen LogP contribution in [0.3, 0.4) is 0 Å². The lowest BCUT2D eigenvalue weighted by atomic mass is 10.2. The third-order valence-electron chi connectivity index (χ3n) is 4.03. The molecule has 1 unspecified atom stereocenters. The van der Waals surface area contributed by atoms with Crippen LogP contribution < -0.4 is 10.6 Å². The number of rotatable bonds is 4. The number of hydrogen-bond acceptors (Lipinski definition) is 5. The summed E-state index contributed by atoms with van der Waals surface area (Å²) in [5.41, 5.74) is 0.905. The number of para-hydroxylation sites is 1. The molecule has 1 saturated heterocycles. The Bertz CT molecular complexity index is 895. The summed E-state index contributed by atoms with van der Waals surface area (Å²) in [7, 11) is 0. The van der Waals surface area contributed by atoms with Crippen molar-refractivity contribution < 1.29 is 18.0 Å². The molecule has 138 valence electrons. The average molecular weight is 400 g/mol. The van der Waals surface area contributed by atoms with Crippen molar-refractivity contribution in [3.05, 3.63) is 42.2 Å². The van der Waals surface area contributed by atoms with Crippen LogP contribution in [0, 0.1) is 0 Å². The lowest BCUT2D eigenvalue weighted by Crippen LogP contribution is -2.39. The second kappa shape index (κ2) is 7.30. The molecule has 0 radical (unpaired) electrons. The Morgan fingerprint density at radius 1 is 1.35 bits per heavy atom. The molecule has 3 heterocycles. The molecule has 3 aromatic rings. The standard InChI is InChI=1S/C17H15F2N3O2S.ClH/c18-17(19)7-12(21-9-17)15(23)20-8-10-5-6-13(24-10)16-22-11-3-1-2-4-14(11)25-16;/h1-6,12,21H,7-9H2,(H,20,23);1H. The largest absolute Gasteiger partial charge is 0.457 e. The number of carbonyl (C=O) groups excluding carboxylic acids is 1. The molecule has 0 spiro atoms. The summed E-state index contributed by atoms with van der Waals surface area (Å²) in [5.74, 6) is -2.11. The zero-order valence-electron chi connectivity index (χ0n) is 13.5. The molecular weight excluding hydrogens is 384 g/mol. The Hall–Kier alpha value is -2.03. The summed E-state index contributed by atoms with van der Waals surface area (Å²) in [6.45, 7) is -0.318. The van der Waals surface area contributed by atoms with Crippen molar-refractivity contribution in [1.82, 2.24) is 15.6 Å². The third-order valence-corrected chi connectivity index (χ3v) is 5.08. The van der Waals surface area contributed by atoms with Gasteiger partial charge >= 0.3 is 0 Å². The highest BCUT2D eigenvalue weighted by Gasteiger charge is 2.42. The van der Waals surface area contributed by atoms with E-state index in [-0.39, 0.29) is 19.0 Å². The van der Waals surface area contributed by atoms with E-state index in [0.29, 0.717) is 11.5 Å². The van der Waals surface area contributed by atoms with Crippen LogP contribution in [0.25, 0.3) is 21.0 Å². The molecular formula is C17H16ClF2N3O2S. The maximum absolute atomic E-state index is 13.1. The minimum absolute atomic E-state index is 0. The van der Waals surface area contributed by atoms with Crippen molar-refractivity contribution in [3.8, 4) is 10.8 Å². The molecule has 1 aliphatic heterocycles. The van der Waals surface area contributed by atoms with Gasteiger partial charge in [0.05, 0.1) is 29.3 Å². The van der Waals surface area contributed by atoms with Crippen molar-refractivity contribution in [3.63, 3.8) is 0 Å². The number of amides is 1. The zero-order chi connectivity index (χ0) is 17.4. The maximum atomic E-state index is 13.1. The fourth-order valence-electron chi connectivity index (χ4n) is 2.76. The zero-order valence-corrected chi connectivity index (χ0v) is 15.1. The number of fused-ring (bicyclic) bond motifs is 1. The Morgan fingerprint density at radius 2 is 2.15 bits per heavy atom. The summed E-state index contributed by atoms with van der Waals surface area (Å²) < 4.78 is 33.0. The van der Waals surface area contributed by atoms with Gasteiger partial charge < -0.3 is 9.73 Å². The topological polar surface area (TPSA) is 67.2 Å². The van der Waals surface area contributed by atoms with Gasteiger partial charge in [-0.2, -0.15) is 0 Å². The number of carbonyl (C=O) groups is 1. The van der Waals surface area contributed by atoms with E-state index in [1.165, 1.54) is 11.3 Å². The fraction of sp³-hybridized carbons (Fsp3) is 0.294. The van der Waals surface area contributed by atoms with Crippen LogP contribution in [0.1, 0.15) is 12.2 Å². The highest BCUT2D eigenvalue weighted by molar-refractivity contribution is 7.21. The molecule has 2 N–H and O–H groups in total. The normalized spacial score (nSPS) is 18.6. The summed E-state index contributed by atoms with van der Waals surface area (Å²) in [4.78, 5) is 16.5. The van der Waals surface area contributed by atoms with Gasteiger partial charge in [-0.25, -0.2) is 13.8 Å². The average Bonchev–Trinajstić information content (AvgIpc) is 3.29. The van der Waals surface area contributed by atoms with Gasteiger partial charge in [-0.15, -0.1) is 23.7 Å². The first-order valence-corrected chi connectivity index (χ1v) is 8.65. The smallest absolute Gasteiger partial charge is 0.262 e. The van der Waals surface area contributed by atoms with Crippen LogP contribution >= 0.6 is 23.7 Å². The summed E-state index contributed by atoms with van der Waals surface area (Å²) in [5, 5.41) is 5.91. The van der Waals surface area contributed by atoms with Gasteiger partial charge in [0, 0.05) is 6.42 Å². The first kappa shape index (κ1) is 18.8. The predicted molar refractivity (Wildman–Crippen MR) is 97.8 cm³/mol. The molecule has 1 amide bonds. The Kier molecular flexibility index (Phi) is 5.27. The third kappa shape index (κ3) is 3.87. The lowest BCUT2D eigenvalue weighted by molar-refractivity contribution is -0.123. The van der Waals surface area contributed by atoms with Gasteiger partial charge in [-0.1, -0.05) is 12.1 Å². The van der Waals surface area contributed by atoms with E-state index in [4.69, 9.17) is 4.42 Å². The van der Waals surface area contributed by atoms with Gasteiger partial charge in [0.15, 0.2) is 10.8 Å². The van der Waals surface area contributed by atoms with Gasteiger partial charge in [-0.3, -0.25) is 10.1 Å².